The van der Waals surface area contributed by atoms with Crippen LogP contribution in [0.4, 0.5) is 4.39 Å². The molecule has 5 heteroatoms. The third-order valence-electron chi connectivity index (χ3n) is 3.77. The van der Waals surface area contributed by atoms with Crippen LogP contribution >= 0.6 is 0 Å². The molecule has 0 bridgehead atoms. The van der Waals surface area contributed by atoms with E-state index in [1.807, 2.05) is 30.3 Å². The molecule has 0 saturated carbocycles. The quantitative estimate of drug-likeness (QED) is 0.870. The Labute approximate surface area is 134 Å². The molecule has 2 aromatic rings. The van der Waals surface area contributed by atoms with Crippen LogP contribution in [-0.4, -0.2) is 36.2 Å². The van der Waals surface area contributed by atoms with Crippen molar-refractivity contribution in [3.8, 4) is 0 Å². The first-order valence-corrected chi connectivity index (χ1v) is 7.43. The molecule has 3 rings (SSSR count). The maximum Gasteiger partial charge on any atom is 0.256 e. The topological polar surface area (TPSA) is 41.9 Å². The maximum atomic E-state index is 13.7. The van der Waals surface area contributed by atoms with Gasteiger partial charge in [-0.2, -0.15) is 0 Å². The maximum absolute atomic E-state index is 13.7. The number of benzene rings is 2. The van der Waals surface area contributed by atoms with Crippen molar-refractivity contribution in [1.29, 1.82) is 0 Å². The molecule has 0 N–H and O–H groups in total. The summed E-state index contributed by atoms with van der Waals surface area (Å²) in [4.78, 5) is 19.2. The van der Waals surface area contributed by atoms with Crippen molar-refractivity contribution >= 4 is 11.6 Å². The van der Waals surface area contributed by atoms with Gasteiger partial charge in [0.25, 0.3) is 5.91 Å². The van der Waals surface area contributed by atoms with Gasteiger partial charge in [0, 0.05) is 13.5 Å². The van der Waals surface area contributed by atoms with Crippen molar-refractivity contribution in [3.63, 3.8) is 0 Å². The lowest BCUT2D eigenvalue weighted by Crippen LogP contribution is -2.35. The van der Waals surface area contributed by atoms with E-state index in [2.05, 4.69) is 5.16 Å². The number of rotatable bonds is 4. The van der Waals surface area contributed by atoms with E-state index in [-0.39, 0.29) is 17.6 Å². The molecule has 0 radical (unpaired) electrons. The van der Waals surface area contributed by atoms with E-state index < -0.39 is 5.82 Å². The highest BCUT2D eigenvalue weighted by Gasteiger charge is 2.26. The summed E-state index contributed by atoms with van der Waals surface area (Å²) in [5.41, 5.74) is 1.94. The second kappa shape index (κ2) is 6.60. The Hall–Kier alpha value is -2.69. The van der Waals surface area contributed by atoms with Crippen molar-refractivity contribution in [2.45, 2.75) is 12.5 Å². The van der Waals surface area contributed by atoms with Gasteiger partial charge in [0.1, 0.15) is 5.82 Å². The van der Waals surface area contributed by atoms with Crippen LogP contribution in [-0.2, 0) is 4.84 Å². The third-order valence-corrected chi connectivity index (χ3v) is 3.77. The minimum Gasteiger partial charge on any atom is -0.390 e. The van der Waals surface area contributed by atoms with Crippen molar-refractivity contribution in [2.24, 2.45) is 5.16 Å². The monoisotopic (exact) mass is 312 g/mol. The molecule has 1 heterocycles. The van der Waals surface area contributed by atoms with Gasteiger partial charge in [-0.3, -0.25) is 4.79 Å². The third kappa shape index (κ3) is 3.39. The zero-order chi connectivity index (χ0) is 16.2. The highest BCUT2D eigenvalue weighted by Crippen LogP contribution is 2.18. The highest BCUT2D eigenvalue weighted by atomic mass is 19.1. The minimum atomic E-state index is -0.516. The fourth-order valence-corrected chi connectivity index (χ4v) is 2.56. The van der Waals surface area contributed by atoms with Gasteiger partial charge in [-0.15, -0.1) is 0 Å². The summed E-state index contributed by atoms with van der Waals surface area (Å²) in [6.07, 6.45) is 0.407. The van der Waals surface area contributed by atoms with Gasteiger partial charge in [0.2, 0.25) is 0 Å². The SMILES string of the molecule is CN(C[C@H]1CC(c2ccccc2)=NO1)C(=O)c1ccccc1F. The molecule has 23 heavy (non-hydrogen) atoms. The number of hydrogen-bond donors (Lipinski definition) is 0. The molecule has 1 amide bonds. The molecule has 0 saturated heterocycles. The number of likely N-dealkylation sites (N-methyl/N-ethyl adjacent to an activating group) is 1. The van der Waals surface area contributed by atoms with Gasteiger partial charge in [-0.05, 0) is 17.7 Å². The predicted octanol–water partition coefficient (Wildman–Crippen LogP) is 3.09. The molecule has 4 nitrogen and oxygen atoms in total. The second-order valence-corrected chi connectivity index (χ2v) is 5.50. The predicted molar refractivity (Wildman–Crippen MR) is 85.8 cm³/mol. The molecule has 0 fully saturated rings. The molecule has 1 atom stereocenters. The van der Waals surface area contributed by atoms with Crippen molar-refractivity contribution in [3.05, 3.63) is 71.5 Å². The summed E-state index contributed by atoms with van der Waals surface area (Å²) in [5.74, 6) is -0.877. The van der Waals surface area contributed by atoms with Gasteiger partial charge >= 0.3 is 0 Å². The average Bonchev–Trinajstić information content (AvgIpc) is 3.04. The van der Waals surface area contributed by atoms with Crippen molar-refractivity contribution in [1.82, 2.24) is 4.90 Å². The molecular formula is C18H17FN2O2. The van der Waals surface area contributed by atoms with E-state index >= 15 is 0 Å². The largest absolute Gasteiger partial charge is 0.390 e. The lowest BCUT2D eigenvalue weighted by Gasteiger charge is -2.20. The zero-order valence-electron chi connectivity index (χ0n) is 12.8. The number of oxime groups is 1. The van der Waals surface area contributed by atoms with Crippen LogP contribution in [0.25, 0.3) is 0 Å². The molecule has 0 unspecified atom stereocenters. The van der Waals surface area contributed by atoms with Gasteiger partial charge < -0.3 is 9.74 Å². The van der Waals surface area contributed by atoms with E-state index in [0.29, 0.717) is 13.0 Å². The van der Waals surface area contributed by atoms with Crippen molar-refractivity contribution in [2.75, 3.05) is 13.6 Å². The van der Waals surface area contributed by atoms with Crippen LogP contribution in [0, 0.1) is 5.82 Å². The number of nitrogens with zero attached hydrogens (tertiary/aromatic N) is 2. The Bertz CT molecular complexity index is 731. The van der Waals surface area contributed by atoms with Crippen molar-refractivity contribution < 1.29 is 14.0 Å². The average molecular weight is 312 g/mol. The van der Waals surface area contributed by atoms with E-state index in [4.69, 9.17) is 4.84 Å². The highest BCUT2D eigenvalue weighted by molar-refractivity contribution is 6.01. The fraction of sp³-hybridized carbons (Fsp3) is 0.222. The van der Waals surface area contributed by atoms with Crippen LogP contribution < -0.4 is 0 Å². The van der Waals surface area contributed by atoms with E-state index in [1.54, 1.807) is 19.2 Å². The zero-order valence-corrected chi connectivity index (χ0v) is 12.8. The number of halogens is 1. The summed E-state index contributed by atoms with van der Waals surface area (Å²) in [6.45, 7) is 0.354. The van der Waals surface area contributed by atoms with Gasteiger partial charge in [0.15, 0.2) is 6.10 Å². The van der Waals surface area contributed by atoms with Crippen LogP contribution in [0.3, 0.4) is 0 Å². The summed E-state index contributed by atoms with van der Waals surface area (Å²) >= 11 is 0. The van der Waals surface area contributed by atoms with Crippen LogP contribution in [0.2, 0.25) is 0 Å². The number of carbonyl (C=O) groups is 1. The first kappa shape index (κ1) is 15.2. The lowest BCUT2D eigenvalue weighted by molar-refractivity contribution is 0.0479. The first-order valence-electron chi connectivity index (χ1n) is 7.43. The van der Waals surface area contributed by atoms with E-state index in [9.17, 15) is 9.18 Å². The minimum absolute atomic E-state index is 0.0669. The standard InChI is InChI=1S/C18H17FN2O2/c1-21(18(22)15-9-5-6-10-16(15)19)12-14-11-17(20-23-14)13-7-3-2-4-8-13/h2-10,14H,11-12H2,1H3/t14-/m1/s1. The lowest BCUT2D eigenvalue weighted by atomic mass is 10.0. The Balaban J connectivity index is 1.61. The van der Waals surface area contributed by atoms with Gasteiger partial charge in [-0.25, -0.2) is 4.39 Å². The number of carbonyl (C=O) groups excluding carboxylic acids is 1. The normalized spacial score (nSPS) is 16.6. The molecular weight excluding hydrogens is 295 g/mol. The van der Waals surface area contributed by atoms with Crippen LogP contribution in [0.5, 0.6) is 0 Å². The smallest absolute Gasteiger partial charge is 0.256 e. The number of hydrogen-bond acceptors (Lipinski definition) is 3. The molecule has 118 valence electrons. The molecule has 0 spiro atoms. The van der Waals surface area contributed by atoms with Crippen LogP contribution in [0.15, 0.2) is 59.8 Å². The molecule has 0 aliphatic carbocycles. The second-order valence-electron chi connectivity index (χ2n) is 5.50. The summed E-state index contributed by atoms with van der Waals surface area (Å²) in [7, 11) is 1.64. The summed E-state index contributed by atoms with van der Waals surface area (Å²) in [6, 6.07) is 15.7. The van der Waals surface area contributed by atoms with E-state index in [0.717, 1.165) is 11.3 Å². The van der Waals surface area contributed by atoms with E-state index in [1.165, 1.54) is 17.0 Å². The number of amides is 1. The fourth-order valence-electron chi connectivity index (χ4n) is 2.56. The molecule has 0 aromatic heterocycles. The first-order chi connectivity index (χ1) is 11.1. The molecule has 2 aromatic carbocycles. The summed E-state index contributed by atoms with van der Waals surface area (Å²) < 4.78 is 13.7. The molecule has 1 aliphatic rings. The summed E-state index contributed by atoms with van der Waals surface area (Å²) in [5, 5.41) is 4.09. The Morgan fingerprint density at radius 3 is 2.65 bits per heavy atom. The Morgan fingerprint density at radius 2 is 1.91 bits per heavy atom. The Morgan fingerprint density at radius 1 is 1.22 bits per heavy atom. The molecule has 1 aliphatic heterocycles. The van der Waals surface area contributed by atoms with Gasteiger partial charge in [0.05, 0.1) is 17.8 Å². The Kier molecular flexibility index (Phi) is 4.37. The van der Waals surface area contributed by atoms with Gasteiger partial charge in [-0.1, -0.05) is 47.6 Å². The van der Waals surface area contributed by atoms with Crippen LogP contribution in [0.1, 0.15) is 22.3 Å².